The molecule has 3 heteroatoms. The molecule has 0 fully saturated rings. The van der Waals surface area contributed by atoms with Gasteiger partial charge >= 0.3 is 0 Å². The molecule has 0 atom stereocenters. The van der Waals surface area contributed by atoms with Crippen molar-refractivity contribution in [1.82, 2.24) is 4.57 Å². The van der Waals surface area contributed by atoms with Gasteiger partial charge in [0.2, 0.25) is 5.69 Å². The maximum atomic E-state index is 14.6. The van der Waals surface area contributed by atoms with E-state index in [-0.39, 0.29) is 5.82 Å². The highest BCUT2D eigenvalue weighted by molar-refractivity contribution is 6.11. The lowest BCUT2D eigenvalue weighted by atomic mass is 9.93. The van der Waals surface area contributed by atoms with E-state index in [1.807, 2.05) is 26.8 Å². The molecule has 34 heavy (non-hydrogen) atoms. The second-order valence-electron chi connectivity index (χ2n) is 9.19. The molecular formula is C31H26FN2+. The zero-order valence-electron chi connectivity index (χ0n) is 19.9. The minimum atomic E-state index is -0.116. The van der Waals surface area contributed by atoms with E-state index in [4.69, 9.17) is 0 Å². The first kappa shape index (κ1) is 20.6. The van der Waals surface area contributed by atoms with E-state index >= 15 is 0 Å². The van der Waals surface area contributed by atoms with Crippen molar-refractivity contribution in [3.05, 3.63) is 108 Å². The van der Waals surface area contributed by atoms with Crippen molar-refractivity contribution in [3.63, 3.8) is 0 Å². The number of rotatable bonds is 2. The van der Waals surface area contributed by atoms with Gasteiger partial charge in [-0.3, -0.25) is 0 Å². The molecule has 6 rings (SSSR count). The lowest BCUT2D eigenvalue weighted by Gasteiger charge is -2.15. The summed E-state index contributed by atoms with van der Waals surface area (Å²) in [5, 5.41) is 4.81. The highest BCUT2D eigenvalue weighted by Gasteiger charge is 2.24. The summed E-state index contributed by atoms with van der Waals surface area (Å²) < 4.78 is 19.2. The molecule has 0 unspecified atom stereocenters. The van der Waals surface area contributed by atoms with Crippen LogP contribution in [0.4, 0.5) is 4.39 Å². The predicted molar refractivity (Wildman–Crippen MR) is 139 cm³/mol. The SMILES string of the molecule is Cc1cc(-c2c3ccccc3c(-n3c4ccccc4c4ccccc43)c[n+]2C)c(C)c(C)c1F. The number of aromatic nitrogens is 2. The number of nitrogens with zero attached hydrogens (tertiary/aromatic N) is 2. The van der Waals surface area contributed by atoms with Gasteiger partial charge < -0.3 is 4.57 Å². The summed E-state index contributed by atoms with van der Waals surface area (Å²) in [6, 6.07) is 27.7. The van der Waals surface area contributed by atoms with Gasteiger partial charge in [-0.05, 0) is 61.7 Å². The summed E-state index contributed by atoms with van der Waals surface area (Å²) in [7, 11) is 2.09. The average molecular weight is 446 g/mol. The Balaban J connectivity index is 1.76. The fourth-order valence-electron chi connectivity index (χ4n) is 5.41. The molecule has 2 aromatic heterocycles. The smallest absolute Gasteiger partial charge is 0.220 e. The first-order valence-corrected chi connectivity index (χ1v) is 11.6. The van der Waals surface area contributed by atoms with E-state index in [9.17, 15) is 4.39 Å². The van der Waals surface area contributed by atoms with Gasteiger partial charge in [-0.1, -0.05) is 54.6 Å². The Morgan fingerprint density at radius 3 is 1.82 bits per heavy atom. The molecule has 0 amide bonds. The number of halogens is 1. The van der Waals surface area contributed by atoms with Crippen LogP contribution >= 0.6 is 0 Å². The highest BCUT2D eigenvalue weighted by atomic mass is 19.1. The van der Waals surface area contributed by atoms with E-state index in [0.29, 0.717) is 11.1 Å². The molecule has 2 nitrogen and oxygen atoms in total. The van der Waals surface area contributed by atoms with Crippen LogP contribution in [0.15, 0.2) is 85.1 Å². The monoisotopic (exact) mass is 445 g/mol. The molecule has 0 radical (unpaired) electrons. The lowest BCUT2D eigenvalue weighted by molar-refractivity contribution is -0.658. The first-order chi connectivity index (χ1) is 16.5. The minimum absolute atomic E-state index is 0.116. The van der Waals surface area contributed by atoms with Crippen LogP contribution in [-0.2, 0) is 7.05 Å². The van der Waals surface area contributed by atoms with Crippen molar-refractivity contribution in [2.24, 2.45) is 7.05 Å². The fraction of sp³-hybridized carbons (Fsp3) is 0.129. The van der Waals surface area contributed by atoms with Gasteiger partial charge in [0.15, 0.2) is 6.20 Å². The van der Waals surface area contributed by atoms with Crippen molar-refractivity contribution in [2.75, 3.05) is 0 Å². The molecule has 166 valence electrons. The molecule has 0 bridgehead atoms. The normalized spacial score (nSPS) is 11.7. The quantitative estimate of drug-likeness (QED) is 0.244. The van der Waals surface area contributed by atoms with Crippen LogP contribution in [0.25, 0.3) is 49.5 Å². The summed E-state index contributed by atoms with van der Waals surface area (Å²) in [6.45, 7) is 5.73. The van der Waals surface area contributed by atoms with Crippen LogP contribution < -0.4 is 4.57 Å². The van der Waals surface area contributed by atoms with E-state index in [0.717, 1.165) is 27.9 Å². The molecule has 2 heterocycles. The molecule has 4 aromatic carbocycles. The number of hydrogen-bond donors (Lipinski definition) is 0. The maximum Gasteiger partial charge on any atom is 0.220 e. The Bertz CT molecular complexity index is 1700. The average Bonchev–Trinajstić information content (AvgIpc) is 3.19. The van der Waals surface area contributed by atoms with Crippen LogP contribution in [0.5, 0.6) is 0 Å². The second-order valence-corrected chi connectivity index (χ2v) is 9.19. The Morgan fingerprint density at radius 2 is 1.21 bits per heavy atom. The van der Waals surface area contributed by atoms with Crippen LogP contribution in [-0.4, -0.2) is 4.57 Å². The molecule has 6 aromatic rings. The number of fused-ring (bicyclic) bond motifs is 4. The van der Waals surface area contributed by atoms with Crippen LogP contribution in [0, 0.1) is 26.6 Å². The van der Waals surface area contributed by atoms with E-state index in [1.165, 1.54) is 27.2 Å². The summed E-state index contributed by atoms with van der Waals surface area (Å²) in [5.41, 5.74) is 8.05. The minimum Gasteiger partial charge on any atom is -0.303 e. The van der Waals surface area contributed by atoms with E-state index in [1.54, 1.807) is 0 Å². The van der Waals surface area contributed by atoms with Crippen LogP contribution in [0.3, 0.4) is 0 Å². The van der Waals surface area contributed by atoms with Crippen LogP contribution in [0.1, 0.15) is 16.7 Å². The first-order valence-electron chi connectivity index (χ1n) is 11.6. The number of para-hydroxylation sites is 2. The van der Waals surface area contributed by atoms with Gasteiger partial charge in [0.05, 0.1) is 22.0 Å². The molecule has 0 saturated carbocycles. The summed E-state index contributed by atoms with van der Waals surface area (Å²) in [6.07, 6.45) is 2.21. The standard InChI is InChI=1S/C31H26FN2/c1-19-17-26(20(2)21(3)30(19)32)31-25-14-6-5-13-24(25)29(18-33(31)4)34-27-15-9-7-11-22(27)23-12-8-10-16-28(23)34/h5-18H,1-4H3/q+1. The van der Waals surface area contributed by atoms with Gasteiger partial charge in [-0.15, -0.1) is 0 Å². The van der Waals surface area contributed by atoms with Crippen molar-refractivity contribution in [1.29, 1.82) is 0 Å². The number of hydrogen-bond acceptors (Lipinski definition) is 0. The van der Waals surface area contributed by atoms with Gasteiger partial charge in [-0.25, -0.2) is 4.39 Å². The molecule has 0 spiro atoms. The third-order valence-corrected chi connectivity index (χ3v) is 7.21. The molecule has 0 aliphatic heterocycles. The highest BCUT2D eigenvalue weighted by Crippen LogP contribution is 2.37. The fourth-order valence-corrected chi connectivity index (χ4v) is 5.41. The van der Waals surface area contributed by atoms with Crippen LogP contribution in [0.2, 0.25) is 0 Å². The summed E-state index contributed by atoms with van der Waals surface area (Å²) >= 11 is 0. The van der Waals surface area contributed by atoms with E-state index < -0.39 is 0 Å². The third kappa shape index (κ3) is 2.83. The van der Waals surface area contributed by atoms with Crippen molar-refractivity contribution in [2.45, 2.75) is 20.8 Å². The van der Waals surface area contributed by atoms with E-state index in [2.05, 4.69) is 95.2 Å². The number of benzene rings is 4. The number of pyridine rings is 1. The predicted octanol–water partition coefficient (Wildman–Crippen LogP) is 7.49. The Hall–Kier alpha value is -3.98. The second kappa shape index (κ2) is 7.53. The summed E-state index contributed by atoms with van der Waals surface area (Å²) in [5.74, 6) is -0.116. The van der Waals surface area contributed by atoms with Gasteiger partial charge in [0.25, 0.3) is 0 Å². The topological polar surface area (TPSA) is 8.81 Å². The maximum absolute atomic E-state index is 14.6. The van der Waals surface area contributed by atoms with Gasteiger partial charge in [0.1, 0.15) is 18.6 Å². The largest absolute Gasteiger partial charge is 0.303 e. The van der Waals surface area contributed by atoms with Gasteiger partial charge in [0, 0.05) is 16.2 Å². The zero-order valence-corrected chi connectivity index (χ0v) is 19.9. The molecule has 0 aliphatic rings. The third-order valence-electron chi connectivity index (χ3n) is 7.21. The molecule has 0 N–H and O–H groups in total. The zero-order chi connectivity index (χ0) is 23.6. The molecular weight excluding hydrogens is 419 g/mol. The lowest BCUT2D eigenvalue weighted by Crippen LogP contribution is -2.32. The number of aryl methyl sites for hydroxylation is 2. The van der Waals surface area contributed by atoms with Crippen molar-refractivity contribution >= 4 is 32.6 Å². The molecule has 0 aliphatic carbocycles. The van der Waals surface area contributed by atoms with Crippen molar-refractivity contribution in [3.8, 4) is 16.9 Å². The Kier molecular flexibility index (Phi) is 4.56. The summed E-state index contributed by atoms with van der Waals surface area (Å²) in [4.78, 5) is 0. The Labute approximate surface area is 198 Å². The van der Waals surface area contributed by atoms with Gasteiger partial charge in [-0.2, -0.15) is 4.57 Å². The Morgan fingerprint density at radius 1 is 0.676 bits per heavy atom. The molecule has 0 saturated heterocycles. The van der Waals surface area contributed by atoms with Crippen molar-refractivity contribution < 1.29 is 8.96 Å².